The Bertz CT molecular complexity index is 688. The highest BCUT2D eigenvalue weighted by molar-refractivity contribution is 6.04. The molecule has 0 aromatic heterocycles. The van der Waals surface area contributed by atoms with Crippen LogP contribution in [-0.2, 0) is 11.3 Å². The molecule has 2 aromatic carbocycles. The maximum Gasteiger partial charge on any atom is 0.255 e. The van der Waals surface area contributed by atoms with Gasteiger partial charge in [-0.1, -0.05) is 25.5 Å². The number of benzene rings is 2. The molecule has 0 spiro atoms. The molecule has 0 aliphatic carbocycles. The molecule has 2 aromatic rings. The first-order chi connectivity index (χ1) is 11.7. The van der Waals surface area contributed by atoms with E-state index in [2.05, 4.69) is 12.2 Å². The summed E-state index contributed by atoms with van der Waals surface area (Å²) in [7, 11) is 1.57. The second-order valence-corrected chi connectivity index (χ2v) is 5.37. The average molecular weight is 331 g/mol. The molecule has 24 heavy (non-hydrogen) atoms. The van der Waals surface area contributed by atoms with Crippen molar-refractivity contribution < 1.29 is 18.7 Å². The van der Waals surface area contributed by atoms with Crippen LogP contribution in [-0.4, -0.2) is 19.6 Å². The van der Waals surface area contributed by atoms with E-state index in [9.17, 15) is 9.18 Å². The lowest BCUT2D eigenvalue weighted by Crippen LogP contribution is -2.13. The number of halogens is 1. The monoisotopic (exact) mass is 331 g/mol. The van der Waals surface area contributed by atoms with Gasteiger partial charge in [0.1, 0.15) is 11.6 Å². The number of ether oxygens (including phenoxy) is 2. The van der Waals surface area contributed by atoms with E-state index in [0.29, 0.717) is 24.5 Å². The smallest absolute Gasteiger partial charge is 0.255 e. The van der Waals surface area contributed by atoms with Crippen LogP contribution in [0.5, 0.6) is 5.75 Å². The lowest BCUT2D eigenvalue weighted by atomic mass is 10.1. The van der Waals surface area contributed by atoms with Crippen molar-refractivity contribution in [2.24, 2.45) is 0 Å². The summed E-state index contributed by atoms with van der Waals surface area (Å²) in [5, 5.41) is 2.57. The Hall–Kier alpha value is -2.40. The molecule has 0 saturated carbocycles. The van der Waals surface area contributed by atoms with Gasteiger partial charge in [0.15, 0.2) is 0 Å². The van der Waals surface area contributed by atoms with E-state index in [1.54, 1.807) is 37.4 Å². The first-order valence-electron chi connectivity index (χ1n) is 7.96. The molecular formula is C19H22FNO3. The van der Waals surface area contributed by atoms with Crippen LogP contribution in [0.2, 0.25) is 0 Å². The fourth-order valence-electron chi connectivity index (χ4n) is 2.22. The van der Waals surface area contributed by atoms with Gasteiger partial charge < -0.3 is 14.8 Å². The van der Waals surface area contributed by atoms with Crippen LogP contribution in [0, 0.1) is 5.82 Å². The quantitative estimate of drug-likeness (QED) is 0.729. The first kappa shape index (κ1) is 17.9. The summed E-state index contributed by atoms with van der Waals surface area (Å²) in [6.45, 7) is 3.12. The molecule has 2 rings (SSSR count). The highest BCUT2D eigenvalue weighted by Gasteiger charge is 2.12. The number of carbonyl (C=O) groups excluding carboxylic acids is 1. The van der Waals surface area contributed by atoms with Crippen LogP contribution in [0.4, 0.5) is 10.1 Å². The minimum absolute atomic E-state index is 0.152. The lowest BCUT2D eigenvalue weighted by Gasteiger charge is -2.12. The Morgan fingerprint density at radius 2 is 2.00 bits per heavy atom. The highest BCUT2D eigenvalue weighted by atomic mass is 19.1. The molecule has 0 aliphatic heterocycles. The summed E-state index contributed by atoms with van der Waals surface area (Å²) in [5.41, 5.74) is 1.36. The number of amides is 1. The molecule has 0 radical (unpaired) electrons. The molecule has 0 atom stereocenters. The number of rotatable bonds is 8. The van der Waals surface area contributed by atoms with Crippen molar-refractivity contribution in [3.05, 3.63) is 59.4 Å². The number of hydrogen-bond acceptors (Lipinski definition) is 3. The Labute approximate surface area is 141 Å². The number of para-hydroxylation sites is 1. The van der Waals surface area contributed by atoms with Gasteiger partial charge in [0.2, 0.25) is 0 Å². The molecule has 0 saturated heterocycles. The Balaban J connectivity index is 2.11. The van der Waals surface area contributed by atoms with Crippen LogP contribution < -0.4 is 10.1 Å². The number of hydrogen-bond donors (Lipinski definition) is 1. The third kappa shape index (κ3) is 4.80. The Kier molecular flexibility index (Phi) is 6.75. The average Bonchev–Trinajstić information content (AvgIpc) is 2.60. The van der Waals surface area contributed by atoms with Gasteiger partial charge in [-0.2, -0.15) is 0 Å². The van der Waals surface area contributed by atoms with Crippen LogP contribution in [0.3, 0.4) is 0 Å². The largest absolute Gasteiger partial charge is 0.496 e. The number of unbranched alkanes of at least 4 members (excludes halogenated alkanes) is 1. The topological polar surface area (TPSA) is 47.6 Å². The minimum Gasteiger partial charge on any atom is -0.496 e. The molecule has 0 aliphatic rings. The van der Waals surface area contributed by atoms with Crippen molar-refractivity contribution in [1.82, 2.24) is 0 Å². The lowest BCUT2D eigenvalue weighted by molar-refractivity contribution is 0.102. The zero-order valence-corrected chi connectivity index (χ0v) is 14.0. The van der Waals surface area contributed by atoms with E-state index in [1.807, 2.05) is 0 Å². The van der Waals surface area contributed by atoms with E-state index in [-0.39, 0.29) is 11.6 Å². The van der Waals surface area contributed by atoms with E-state index in [4.69, 9.17) is 9.47 Å². The van der Waals surface area contributed by atoms with Crippen LogP contribution >= 0.6 is 0 Å². The van der Waals surface area contributed by atoms with Crippen LogP contribution in [0.25, 0.3) is 0 Å². The fourth-order valence-corrected chi connectivity index (χ4v) is 2.22. The van der Waals surface area contributed by atoms with Gasteiger partial charge in [-0.15, -0.1) is 0 Å². The molecule has 128 valence electrons. The van der Waals surface area contributed by atoms with E-state index in [0.717, 1.165) is 18.4 Å². The van der Waals surface area contributed by atoms with Crippen molar-refractivity contribution >= 4 is 11.6 Å². The molecule has 0 bridgehead atoms. The minimum atomic E-state index is -0.470. The maximum atomic E-state index is 13.6. The molecule has 5 heteroatoms. The predicted molar refractivity (Wildman–Crippen MR) is 91.9 cm³/mol. The summed E-state index contributed by atoms with van der Waals surface area (Å²) < 4.78 is 24.6. The predicted octanol–water partition coefficient (Wildman–Crippen LogP) is 4.40. The summed E-state index contributed by atoms with van der Waals surface area (Å²) >= 11 is 0. The fraction of sp³-hybridized carbons (Fsp3) is 0.316. The van der Waals surface area contributed by atoms with E-state index < -0.39 is 5.82 Å². The van der Waals surface area contributed by atoms with Crippen molar-refractivity contribution in [2.45, 2.75) is 26.4 Å². The SMILES string of the molecule is CCCCOCc1cc(C(=O)Nc2ccccc2F)ccc1OC. The van der Waals surface area contributed by atoms with Gasteiger partial charge in [-0.25, -0.2) is 4.39 Å². The number of anilines is 1. The van der Waals surface area contributed by atoms with Gasteiger partial charge in [0.25, 0.3) is 5.91 Å². The number of methoxy groups -OCH3 is 1. The third-order valence-corrected chi connectivity index (χ3v) is 3.56. The first-order valence-corrected chi connectivity index (χ1v) is 7.96. The zero-order valence-electron chi connectivity index (χ0n) is 14.0. The molecule has 4 nitrogen and oxygen atoms in total. The molecular weight excluding hydrogens is 309 g/mol. The Morgan fingerprint density at radius 1 is 1.21 bits per heavy atom. The maximum absolute atomic E-state index is 13.6. The molecule has 1 amide bonds. The number of nitrogens with one attached hydrogen (secondary N) is 1. The molecule has 1 N–H and O–H groups in total. The second-order valence-electron chi connectivity index (χ2n) is 5.37. The van der Waals surface area contributed by atoms with Crippen molar-refractivity contribution in [3.63, 3.8) is 0 Å². The molecule has 0 fully saturated rings. The normalized spacial score (nSPS) is 10.5. The summed E-state index contributed by atoms with van der Waals surface area (Å²) in [6, 6.07) is 11.1. The van der Waals surface area contributed by atoms with Crippen molar-refractivity contribution in [3.8, 4) is 5.75 Å². The Morgan fingerprint density at radius 3 is 2.71 bits per heavy atom. The second kappa shape index (κ2) is 9.03. The van der Waals surface area contributed by atoms with Gasteiger partial charge >= 0.3 is 0 Å². The zero-order chi connectivity index (χ0) is 17.4. The highest BCUT2D eigenvalue weighted by Crippen LogP contribution is 2.22. The van der Waals surface area contributed by atoms with Crippen molar-refractivity contribution in [1.29, 1.82) is 0 Å². The molecule has 0 unspecified atom stereocenters. The van der Waals surface area contributed by atoms with E-state index in [1.165, 1.54) is 12.1 Å². The number of carbonyl (C=O) groups is 1. The van der Waals surface area contributed by atoms with Crippen LogP contribution in [0.15, 0.2) is 42.5 Å². The summed E-state index contributed by atoms with van der Waals surface area (Å²) in [4.78, 5) is 12.3. The molecule has 0 heterocycles. The standard InChI is InChI=1S/C19H22FNO3/c1-3-4-11-24-13-15-12-14(9-10-18(15)23-2)19(22)21-17-8-6-5-7-16(17)20/h5-10,12H,3-4,11,13H2,1-2H3,(H,21,22). The van der Waals surface area contributed by atoms with Gasteiger partial charge in [-0.05, 0) is 36.8 Å². The van der Waals surface area contributed by atoms with Gasteiger partial charge in [-0.3, -0.25) is 4.79 Å². The van der Waals surface area contributed by atoms with Gasteiger partial charge in [0, 0.05) is 17.7 Å². The third-order valence-electron chi connectivity index (χ3n) is 3.56. The van der Waals surface area contributed by atoms with Gasteiger partial charge in [0.05, 0.1) is 19.4 Å². The summed E-state index contributed by atoms with van der Waals surface area (Å²) in [5.74, 6) is -0.186. The van der Waals surface area contributed by atoms with Crippen LogP contribution in [0.1, 0.15) is 35.7 Å². The van der Waals surface area contributed by atoms with Crippen molar-refractivity contribution in [2.75, 3.05) is 19.0 Å². The summed E-state index contributed by atoms with van der Waals surface area (Å²) in [6.07, 6.45) is 2.04. The van der Waals surface area contributed by atoms with E-state index >= 15 is 0 Å².